The van der Waals surface area contributed by atoms with Gasteiger partial charge in [0.1, 0.15) is 0 Å². The highest BCUT2D eigenvalue weighted by molar-refractivity contribution is 6.36. The van der Waals surface area contributed by atoms with Gasteiger partial charge in [0, 0.05) is 6.42 Å². The molecule has 0 aromatic heterocycles. The van der Waals surface area contributed by atoms with E-state index in [0.717, 1.165) is 0 Å². The van der Waals surface area contributed by atoms with E-state index in [2.05, 4.69) is 5.16 Å². The number of esters is 1. The van der Waals surface area contributed by atoms with E-state index in [1.54, 1.807) is 6.92 Å². The Morgan fingerprint density at radius 3 is 3.08 bits per heavy atom. The number of ether oxygens (including phenoxy) is 1. The number of aliphatic hydroxyl groups is 1. The van der Waals surface area contributed by atoms with Crippen LogP contribution in [-0.2, 0) is 14.4 Å². The molecule has 0 fully saturated rings. The molecule has 0 saturated heterocycles. The van der Waals surface area contributed by atoms with Crippen molar-refractivity contribution in [2.24, 2.45) is 5.16 Å². The largest absolute Gasteiger partial charge is 0.461 e. The predicted octanol–water partition coefficient (Wildman–Crippen LogP) is 0.0768. The quantitative estimate of drug-likeness (QED) is 0.635. The molecule has 0 aromatic carbocycles. The van der Waals surface area contributed by atoms with Crippen LogP contribution in [0.25, 0.3) is 0 Å². The standard InChI is InChI=1S/C8H13NO4/c1-2-12-8(11)7-4-3-6(5-10)13-9-7/h6,10H,2-5H2,1H3. The van der Waals surface area contributed by atoms with Crippen LogP contribution < -0.4 is 0 Å². The van der Waals surface area contributed by atoms with Crippen LogP contribution in [0.5, 0.6) is 0 Å². The summed E-state index contributed by atoms with van der Waals surface area (Å²) in [4.78, 5) is 15.9. The zero-order valence-corrected chi connectivity index (χ0v) is 7.52. The maximum Gasteiger partial charge on any atom is 0.356 e. The van der Waals surface area contributed by atoms with Crippen LogP contribution in [0.1, 0.15) is 19.8 Å². The van der Waals surface area contributed by atoms with Crippen molar-refractivity contribution in [1.82, 2.24) is 0 Å². The molecule has 0 amide bonds. The summed E-state index contributed by atoms with van der Waals surface area (Å²) in [6.07, 6.45) is 0.830. The van der Waals surface area contributed by atoms with Crippen LogP contribution in [0.4, 0.5) is 0 Å². The lowest BCUT2D eigenvalue weighted by molar-refractivity contribution is -0.135. The van der Waals surface area contributed by atoms with E-state index in [1.807, 2.05) is 0 Å². The minimum Gasteiger partial charge on any atom is -0.461 e. The van der Waals surface area contributed by atoms with Crippen molar-refractivity contribution in [3.05, 3.63) is 0 Å². The molecule has 1 aliphatic heterocycles. The van der Waals surface area contributed by atoms with Crippen molar-refractivity contribution in [2.75, 3.05) is 13.2 Å². The second-order valence-corrected chi connectivity index (χ2v) is 2.71. The number of hydrogen-bond acceptors (Lipinski definition) is 5. The van der Waals surface area contributed by atoms with Gasteiger partial charge in [-0.1, -0.05) is 5.16 Å². The fourth-order valence-corrected chi connectivity index (χ4v) is 1.01. The first-order chi connectivity index (χ1) is 6.27. The molecule has 13 heavy (non-hydrogen) atoms. The summed E-state index contributed by atoms with van der Waals surface area (Å²) in [6.45, 7) is 2.00. The topological polar surface area (TPSA) is 68.1 Å². The first kappa shape index (κ1) is 9.98. The molecule has 0 aliphatic carbocycles. The van der Waals surface area contributed by atoms with Gasteiger partial charge in [0.25, 0.3) is 0 Å². The molecule has 5 nitrogen and oxygen atoms in total. The van der Waals surface area contributed by atoms with Gasteiger partial charge in [-0.25, -0.2) is 4.79 Å². The van der Waals surface area contributed by atoms with Crippen LogP contribution in [0, 0.1) is 0 Å². The Morgan fingerprint density at radius 1 is 1.85 bits per heavy atom. The Morgan fingerprint density at radius 2 is 2.62 bits per heavy atom. The second kappa shape index (κ2) is 4.81. The van der Waals surface area contributed by atoms with Crippen molar-refractivity contribution < 1.29 is 19.5 Å². The highest BCUT2D eigenvalue weighted by Gasteiger charge is 2.22. The highest BCUT2D eigenvalue weighted by Crippen LogP contribution is 2.11. The molecule has 1 unspecified atom stereocenters. The molecule has 0 bridgehead atoms. The van der Waals surface area contributed by atoms with Gasteiger partial charge in [-0.05, 0) is 13.3 Å². The molecule has 1 N–H and O–H groups in total. The predicted molar refractivity (Wildman–Crippen MR) is 45.3 cm³/mol. The monoisotopic (exact) mass is 187 g/mol. The van der Waals surface area contributed by atoms with Gasteiger partial charge in [-0.15, -0.1) is 0 Å². The lowest BCUT2D eigenvalue weighted by Gasteiger charge is -2.17. The molecule has 1 rings (SSSR count). The smallest absolute Gasteiger partial charge is 0.356 e. The molecule has 0 spiro atoms. The third-order valence-corrected chi connectivity index (χ3v) is 1.73. The van der Waals surface area contributed by atoms with Crippen molar-refractivity contribution in [3.63, 3.8) is 0 Å². The first-order valence-electron chi connectivity index (χ1n) is 4.28. The summed E-state index contributed by atoms with van der Waals surface area (Å²) in [5.41, 5.74) is 0.298. The second-order valence-electron chi connectivity index (χ2n) is 2.71. The number of hydrogen-bond donors (Lipinski definition) is 1. The van der Waals surface area contributed by atoms with E-state index in [-0.39, 0.29) is 12.7 Å². The van der Waals surface area contributed by atoms with Crippen LogP contribution >= 0.6 is 0 Å². The Balaban J connectivity index is 2.45. The van der Waals surface area contributed by atoms with Crippen molar-refractivity contribution in [2.45, 2.75) is 25.9 Å². The lowest BCUT2D eigenvalue weighted by Crippen LogP contribution is -2.27. The number of oxime groups is 1. The average Bonchev–Trinajstić information content (AvgIpc) is 2.18. The normalized spacial score (nSPS) is 21.7. The van der Waals surface area contributed by atoms with Crippen LogP contribution in [0.2, 0.25) is 0 Å². The van der Waals surface area contributed by atoms with Crippen LogP contribution in [-0.4, -0.2) is 36.1 Å². The maximum absolute atomic E-state index is 11.1. The lowest BCUT2D eigenvalue weighted by atomic mass is 10.1. The summed E-state index contributed by atoms with van der Waals surface area (Å²) in [5, 5.41) is 12.3. The molecule has 74 valence electrons. The van der Waals surface area contributed by atoms with E-state index < -0.39 is 5.97 Å². The molecular formula is C8H13NO4. The van der Waals surface area contributed by atoms with Gasteiger partial charge in [0.05, 0.1) is 13.2 Å². The van der Waals surface area contributed by atoms with Gasteiger partial charge in [-0.3, -0.25) is 0 Å². The third-order valence-electron chi connectivity index (χ3n) is 1.73. The maximum atomic E-state index is 11.1. The summed E-state index contributed by atoms with van der Waals surface area (Å²) in [5.74, 6) is -0.432. The molecule has 1 aliphatic rings. The number of rotatable bonds is 3. The van der Waals surface area contributed by atoms with Crippen molar-refractivity contribution >= 4 is 11.7 Å². The summed E-state index contributed by atoms with van der Waals surface area (Å²) < 4.78 is 4.74. The Hall–Kier alpha value is -1.10. The first-order valence-corrected chi connectivity index (χ1v) is 4.28. The number of aliphatic hydroxyl groups excluding tert-OH is 1. The molecule has 0 aromatic rings. The zero-order valence-electron chi connectivity index (χ0n) is 7.52. The molecule has 0 saturated carbocycles. The number of nitrogens with zero attached hydrogens (tertiary/aromatic N) is 1. The Labute approximate surface area is 76.3 Å². The van der Waals surface area contributed by atoms with E-state index in [1.165, 1.54) is 0 Å². The van der Waals surface area contributed by atoms with E-state index in [9.17, 15) is 4.79 Å². The van der Waals surface area contributed by atoms with Gasteiger partial charge in [-0.2, -0.15) is 0 Å². The van der Waals surface area contributed by atoms with E-state index in [0.29, 0.717) is 25.2 Å². The number of carbonyl (C=O) groups excluding carboxylic acids is 1. The average molecular weight is 187 g/mol. The van der Waals surface area contributed by atoms with Gasteiger partial charge in [0.2, 0.25) is 0 Å². The molecule has 1 heterocycles. The molecule has 1 atom stereocenters. The number of carbonyl (C=O) groups is 1. The van der Waals surface area contributed by atoms with Crippen LogP contribution in [0.15, 0.2) is 5.16 Å². The minimum atomic E-state index is -0.432. The van der Waals surface area contributed by atoms with Crippen LogP contribution in [0.3, 0.4) is 0 Å². The fourth-order valence-electron chi connectivity index (χ4n) is 1.01. The summed E-state index contributed by atoms with van der Waals surface area (Å²) in [7, 11) is 0. The van der Waals surface area contributed by atoms with Gasteiger partial charge < -0.3 is 14.7 Å². The minimum absolute atomic E-state index is 0.0698. The third kappa shape index (κ3) is 2.69. The Kier molecular flexibility index (Phi) is 3.70. The molecule has 0 radical (unpaired) electrons. The SMILES string of the molecule is CCOC(=O)C1=NOC(CO)CC1. The molecule has 5 heteroatoms. The fraction of sp³-hybridized carbons (Fsp3) is 0.750. The molecular weight excluding hydrogens is 174 g/mol. The van der Waals surface area contributed by atoms with Gasteiger partial charge in [0.15, 0.2) is 11.8 Å². The Bertz CT molecular complexity index is 214. The van der Waals surface area contributed by atoms with Crippen molar-refractivity contribution in [3.8, 4) is 0 Å². The van der Waals surface area contributed by atoms with Gasteiger partial charge >= 0.3 is 5.97 Å². The summed E-state index contributed by atoms with van der Waals surface area (Å²) in [6, 6.07) is 0. The van der Waals surface area contributed by atoms with E-state index in [4.69, 9.17) is 14.7 Å². The summed E-state index contributed by atoms with van der Waals surface area (Å²) >= 11 is 0. The van der Waals surface area contributed by atoms with E-state index >= 15 is 0 Å². The highest BCUT2D eigenvalue weighted by atomic mass is 16.6. The van der Waals surface area contributed by atoms with Crippen molar-refractivity contribution in [1.29, 1.82) is 0 Å². The zero-order chi connectivity index (χ0) is 9.68.